The Morgan fingerprint density at radius 3 is 2.11 bits per heavy atom. The standard InChI is InChI=1S/C34H48FNO/c1-3-5-6-8-14-32(35)26-37-33-21-19-31(20-22-33)30-17-15-29(16-18-30)28(12-4-2)13-11-25-34(27-36)23-9-7-10-24-34/h15-22,28,32H,3-14,23-26H2,1-2H3. The van der Waals surface area contributed by atoms with Crippen LogP contribution in [0, 0.1) is 16.7 Å². The summed E-state index contributed by atoms with van der Waals surface area (Å²) in [6.45, 7) is 4.57. The molecule has 2 nitrogen and oxygen atoms in total. The first-order valence-corrected chi connectivity index (χ1v) is 15.0. The summed E-state index contributed by atoms with van der Waals surface area (Å²) in [7, 11) is 0. The van der Waals surface area contributed by atoms with Crippen LogP contribution in [-0.4, -0.2) is 12.8 Å². The van der Waals surface area contributed by atoms with Gasteiger partial charge >= 0.3 is 0 Å². The predicted molar refractivity (Wildman–Crippen MR) is 154 cm³/mol. The highest BCUT2D eigenvalue weighted by Gasteiger charge is 2.31. The number of benzene rings is 2. The maximum Gasteiger partial charge on any atom is 0.134 e. The zero-order chi connectivity index (χ0) is 26.3. The molecule has 2 aromatic carbocycles. The highest BCUT2D eigenvalue weighted by Crippen LogP contribution is 2.41. The Labute approximate surface area is 225 Å². The molecular formula is C34H48FNO. The van der Waals surface area contributed by atoms with Crippen molar-refractivity contribution in [3.63, 3.8) is 0 Å². The maximum absolute atomic E-state index is 14.1. The van der Waals surface area contributed by atoms with Crippen molar-refractivity contribution in [2.45, 2.75) is 122 Å². The van der Waals surface area contributed by atoms with E-state index in [1.807, 2.05) is 12.1 Å². The summed E-state index contributed by atoms with van der Waals surface area (Å²) in [5.41, 5.74) is 3.69. The van der Waals surface area contributed by atoms with Crippen LogP contribution in [0.15, 0.2) is 48.5 Å². The normalized spacial score (nSPS) is 16.6. The number of ether oxygens (including phenoxy) is 1. The number of nitrogens with zero attached hydrogens (tertiary/aromatic N) is 1. The van der Waals surface area contributed by atoms with Crippen molar-refractivity contribution in [3.8, 4) is 22.9 Å². The molecule has 3 rings (SSSR count). The van der Waals surface area contributed by atoms with Crippen molar-refractivity contribution in [2.24, 2.45) is 5.41 Å². The van der Waals surface area contributed by atoms with Crippen molar-refractivity contribution in [2.75, 3.05) is 6.61 Å². The van der Waals surface area contributed by atoms with Gasteiger partial charge in [-0.2, -0.15) is 5.26 Å². The minimum absolute atomic E-state index is 0.0610. The van der Waals surface area contributed by atoms with Gasteiger partial charge in [-0.3, -0.25) is 0 Å². The van der Waals surface area contributed by atoms with Crippen LogP contribution < -0.4 is 4.74 Å². The summed E-state index contributed by atoms with van der Waals surface area (Å²) in [5, 5.41) is 9.81. The van der Waals surface area contributed by atoms with Crippen LogP contribution in [0.1, 0.15) is 122 Å². The molecule has 0 amide bonds. The first-order valence-electron chi connectivity index (χ1n) is 15.0. The van der Waals surface area contributed by atoms with E-state index in [-0.39, 0.29) is 12.0 Å². The first-order chi connectivity index (χ1) is 18.1. The van der Waals surface area contributed by atoms with Crippen molar-refractivity contribution in [3.05, 3.63) is 54.1 Å². The van der Waals surface area contributed by atoms with Crippen LogP contribution in [0.4, 0.5) is 4.39 Å². The minimum Gasteiger partial charge on any atom is -0.491 e. The van der Waals surface area contributed by atoms with Crippen molar-refractivity contribution < 1.29 is 9.13 Å². The van der Waals surface area contributed by atoms with E-state index in [4.69, 9.17) is 4.74 Å². The van der Waals surface area contributed by atoms with E-state index in [1.54, 1.807) is 0 Å². The van der Waals surface area contributed by atoms with Gasteiger partial charge in [-0.05, 0) is 73.3 Å². The van der Waals surface area contributed by atoms with Crippen LogP contribution in [0.5, 0.6) is 5.75 Å². The molecule has 1 aliphatic rings. The molecule has 0 spiro atoms. The topological polar surface area (TPSA) is 33.0 Å². The quantitative estimate of drug-likeness (QED) is 0.213. The molecule has 0 N–H and O–H groups in total. The Hall–Kier alpha value is -2.34. The fourth-order valence-corrected chi connectivity index (χ4v) is 5.91. The fraction of sp³-hybridized carbons (Fsp3) is 0.618. The van der Waals surface area contributed by atoms with Crippen LogP contribution in [0.2, 0.25) is 0 Å². The molecule has 1 fully saturated rings. The molecule has 37 heavy (non-hydrogen) atoms. The number of unbranched alkanes of at least 4 members (excludes halogenated alkanes) is 3. The van der Waals surface area contributed by atoms with Gasteiger partial charge in [0, 0.05) is 0 Å². The van der Waals surface area contributed by atoms with E-state index in [2.05, 4.69) is 56.3 Å². The Morgan fingerprint density at radius 1 is 0.811 bits per heavy atom. The molecule has 0 heterocycles. The molecule has 2 atom stereocenters. The number of alkyl halides is 1. The molecule has 0 aliphatic heterocycles. The smallest absolute Gasteiger partial charge is 0.134 e. The minimum atomic E-state index is -0.895. The van der Waals surface area contributed by atoms with Gasteiger partial charge in [-0.15, -0.1) is 0 Å². The molecule has 202 valence electrons. The molecule has 0 bridgehead atoms. The Bertz CT molecular complexity index is 924. The fourth-order valence-electron chi connectivity index (χ4n) is 5.91. The molecular weight excluding hydrogens is 457 g/mol. The zero-order valence-electron chi connectivity index (χ0n) is 23.3. The number of hydrogen-bond acceptors (Lipinski definition) is 2. The van der Waals surface area contributed by atoms with Crippen LogP contribution >= 0.6 is 0 Å². The number of rotatable bonds is 16. The molecule has 0 radical (unpaired) electrons. The molecule has 1 aliphatic carbocycles. The largest absolute Gasteiger partial charge is 0.491 e. The lowest BCUT2D eigenvalue weighted by Gasteiger charge is -2.31. The summed E-state index contributed by atoms with van der Waals surface area (Å²) in [5.74, 6) is 1.29. The second kappa shape index (κ2) is 15.8. The monoisotopic (exact) mass is 505 g/mol. The lowest BCUT2D eigenvalue weighted by molar-refractivity contribution is 0.184. The predicted octanol–water partition coefficient (Wildman–Crippen LogP) is 10.6. The third-order valence-corrected chi connectivity index (χ3v) is 8.26. The molecule has 2 unspecified atom stereocenters. The van der Waals surface area contributed by atoms with Crippen LogP contribution in [0.3, 0.4) is 0 Å². The van der Waals surface area contributed by atoms with E-state index in [9.17, 15) is 9.65 Å². The van der Waals surface area contributed by atoms with Gasteiger partial charge in [0.05, 0.1) is 11.5 Å². The second-order valence-electron chi connectivity index (χ2n) is 11.2. The van der Waals surface area contributed by atoms with Gasteiger partial charge in [0.2, 0.25) is 0 Å². The number of halogens is 1. The van der Waals surface area contributed by atoms with Crippen molar-refractivity contribution in [1.29, 1.82) is 5.26 Å². The average Bonchev–Trinajstić information content (AvgIpc) is 2.95. The summed E-state index contributed by atoms with van der Waals surface area (Å²) < 4.78 is 19.8. The maximum atomic E-state index is 14.1. The summed E-state index contributed by atoms with van der Waals surface area (Å²) in [6.07, 6.45) is 15.7. The Balaban J connectivity index is 1.50. The molecule has 3 heteroatoms. The third kappa shape index (κ3) is 9.48. The highest BCUT2D eigenvalue weighted by molar-refractivity contribution is 5.64. The molecule has 2 aromatic rings. The SMILES string of the molecule is CCCCCCC(F)COc1ccc(-c2ccc(C(CCC)CCCC3(C#N)CCCCC3)cc2)cc1. The van der Waals surface area contributed by atoms with E-state index in [1.165, 1.54) is 56.1 Å². The second-order valence-corrected chi connectivity index (χ2v) is 11.2. The lowest BCUT2D eigenvalue weighted by atomic mass is 9.71. The average molecular weight is 506 g/mol. The Kier molecular flexibility index (Phi) is 12.5. The Morgan fingerprint density at radius 2 is 1.49 bits per heavy atom. The number of hydrogen-bond donors (Lipinski definition) is 0. The van der Waals surface area contributed by atoms with E-state index in [0.29, 0.717) is 12.3 Å². The third-order valence-electron chi connectivity index (χ3n) is 8.26. The van der Waals surface area contributed by atoms with Crippen LogP contribution in [-0.2, 0) is 0 Å². The molecule has 0 aromatic heterocycles. The molecule has 0 saturated heterocycles. The van der Waals surface area contributed by atoms with Gasteiger partial charge in [-0.25, -0.2) is 4.39 Å². The zero-order valence-corrected chi connectivity index (χ0v) is 23.3. The lowest BCUT2D eigenvalue weighted by Crippen LogP contribution is -2.22. The summed E-state index contributed by atoms with van der Waals surface area (Å²) in [6, 6.07) is 19.7. The van der Waals surface area contributed by atoms with Gasteiger partial charge in [0.15, 0.2) is 0 Å². The van der Waals surface area contributed by atoms with E-state index < -0.39 is 6.17 Å². The van der Waals surface area contributed by atoms with Crippen molar-refractivity contribution >= 4 is 0 Å². The highest BCUT2D eigenvalue weighted by atomic mass is 19.1. The molecule has 1 saturated carbocycles. The van der Waals surface area contributed by atoms with Gasteiger partial charge in [0.1, 0.15) is 18.5 Å². The number of nitriles is 1. The van der Waals surface area contributed by atoms with E-state index >= 15 is 0 Å². The van der Waals surface area contributed by atoms with Crippen LogP contribution in [0.25, 0.3) is 11.1 Å². The van der Waals surface area contributed by atoms with Gasteiger partial charge < -0.3 is 4.74 Å². The van der Waals surface area contributed by atoms with Gasteiger partial charge in [-0.1, -0.05) is 108 Å². The van der Waals surface area contributed by atoms with Crippen molar-refractivity contribution in [1.82, 2.24) is 0 Å². The van der Waals surface area contributed by atoms with Gasteiger partial charge in [0.25, 0.3) is 0 Å². The van der Waals surface area contributed by atoms with E-state index in [0.717, 1.165) is 56.3 Å². The summed E-state index contributed by atoms with van der Waals surface area (Å²) in [4.78, 5) is 0. The summed E-state index contributed by atoms with van der Waals surface area (Å²) >= 11 is 0. The first kappa shape index (κ1) is 29.2.